The highest BCUT2D eigenvalue weighted by molar-refractivity contribution is 5.76. The molecule has 3 rings (SSSR count). The van der Waals surface area contributed by atoms with Gasteiger partial charge in [-0.15, -0.1) is 0 Å². The maximum Gasteiger partial charge on any atom is 0.220 e. The molecule has 1 heterocycles. The van der Waals surface area contributed by atoms with Gasteiger partial charge in [0.05, 0.1) is 12.8 Å². The number of carbonyl (C=O) groups is 1. The van der Waals surface area contributed by atoms with Crippen molar-refractivity contribution in [2.75, 3.05) is 6.61 Å². The van der Waals surface area contributed by atoms with Crippen LogP contribution in [0.15, 0.2) is 65.2 Å². The minimum absolute atomic E-state index is 0.0456. The quantitative estimate of drug-likeness (QED) is 0.667. The molecule has 0 aliphatic heterocycles. The monoisotopic (exact) mass is 350 g/mol. The molecular weight excluding hydrogens is 328 g/mol. The van der Waals surface area contributed by atoms with E-state index in [9.17, 15) is 4.79 Å². The van der Waals surface area contributed by atoms with Gasteiger partial charge in [0.25, 0.3) is 0 Å². The van der Waals surface area contributed by atoms with Crippen molar-refractivity contribution in [3.8, 4) is 17.1 Å². The number of benzene rings is 2. The summed E-state index contributed by atoms with van der Waals surface area (Å²) in [6.45, 7) is 2.98. The molecule has 0 bridgehead atoms. The lowest BCUT2D eigenvalue weighted by Gasteiger charge is -2.10. The molecule has 0 aliphatic rings. The third kappa shape index (κ3) is 4.72. The average Bonchev–Trinajstić information content (AvgIpc) is 3.16. The van der Waals surface area contributed by atoms with Gasteiger partial charge in [0, 0.05) is 30.5 Å². The van der Waals surface area contributed by atoms with Crippen LogP contribution in [0.2, 0.25) is 0 Å². The van der Waals surface area contributed by atoms with Gasteiger partial charge in [-0.1, -0.05) is 48.5 Å². The van der Waals surface area contributed by atoms with Crippen LogP contribution in [-0.2, 0) is 17.8 Å². The molecule has 1 N–H and O–H groups in total. The van der Waals surface area contributed by atoms with Gasteiger partial charge >= 0.3 is 0 Å². The number of carbonyl (C=O) groups excluding carboxylic acids is 1. The molecule has 0 saturated heterocycles. The van der Waals surface area contributed by atoms with Crippen molar-refractivity contribution in [1.29, 1.82) is 0 Å². The summed E-state index contributed by atoms with van der Waals surface area (Å²) >= 11 is 0. The fraction of sp³-hybridized carbons (Fsp3) is 0.238. The molecule has 0 atom stereocenters. The molecule has 0 unspecified atom stereocenters. The summed E-state index contributed by atoms with van der Waals surface area (Å²) < 4.78 is 11.3. The molecule has 0 fully saturated rings. The molecule has 0 radical (unpaired) electrons. The Labute approximate surface area is 153 Å². The summed E-state index contributed by atoms with van der Waals surface area (Å²) in [6.07, 6.45) is 2.48. The van der Waals surface area contributed by atoms with E-state index in [4.69, 9.17) is 9.15 Å². The Morgan fingerprint density at radius 1 is 1.12 bits per heavy atom. The fourth-order valence-corrected chi connectivity index (χ4v) is 2.61. The zero-order valence-electron chi connectivity index (χ0n) is 14.8. The minimum atomic E-state index is -0.0456. The number of hydrogen-bond acceptors (Lipinski definition) is 4. The molecule has 5 nitrogen and oxygen atoms in total. The standard InChI is InChI=1S/C21H22N2O3/c1-2-25-18-11-7-6-10-17(18)14-22-20(24)12-13-21-23-15-19(26-21)16-8-4-3-5-9-16/h3-11,15H,2,12-14H2,1H3,(H,22,24). The summed E-state index contributed by atoms with van der Waals surface area (Å²) in [5.41, 5.74) is 1.94. The minimum Gasteiger partial charge on any atom is -0.494 e. The number of nitrogens with zero attached hydrogens (tertiary/aromatic N) is 1. The molecule has 0 spiro atoms. The first-order valence-electron chi connectivity index (χ1n) is 8.74. The molecule has 5 heteroatoms. The van der Waals surface area contributed by atoms with Crippen LogP contribution in [0.1, 0.15) is 24.8 Å². The van der Waals surface area contributed by atoms with Crippen molar-refractivity contribution >= 4 is 5.91 Å². The maximum absolute atomic E-state index is 12.1. The highest BCUT2D eigenvalue weighted by Gasteiger charge is 2.10. The van der Waals surface area contributed by atoms with Crippen LogP contribution in [-0.4, -0.2) is 17.5 Å². The van der Waals surface area contributed by atoms with E-state index in [1.165, 1.54) is 0 Å². The van der Waals surface area contributed by atoms with Crippen molar-refractivity contribution in [2.24, 2.45) is 0 Å². The Morgan fingerprint density at radius 2 is 1.88 bits per heavy atom. The molecule has 1 amide bonds. The molecule has 0 aliphatic carbocycles. The number of aromatic nitrogens is 1. The van der Waals surface area contributed by atoms with Crippen LogP contribution in [0.4, 0.5) is 0 Å². The van der Waals surface area contributed by atoms with Crippen LogP contribution in [0, 0.1) is 0 Å². The van der Waals surface area contributed by atoms with Gasteiger partial charge in [-0.3, -0.25) is 4.79 Å². The van der Waals surface area contributed by atoms with Crippen molar-refractivity contribution in [2.45, 2.75) is 26.3 Å². The lowest BCUT2D eigenvalue weighted by molar-refractivity contribution is -0.121. The summed E-state index contributed by atoms with van der Waals surface area (Å²) in [5, 5.41) is 2.92. The van der Waals surface area contributed by atoms with E-state index in [1.807, 2.05) is 61.5 Å². The normalized spacial score (nSPS) is 10.5. The Morgan fingerprint density at radius 3 is 2.69 bits per heavy atom. The van der Waals surface area contributed by atoms with Gasteiger partial charge in [-0.05, 0) is 13.0 Å². The number of aryl methyl sites for hydroxylation is 1. The molecule has 2 aromatic carbocycles. The maximum atomic E-state index is 12.1. The Kier molecular flexibility index (Phi) is 6.04. The molecule has 134 valence electrons. The van der Waals surface area contributed by atoms with Crippen LogP contribution in [0.25, 0.3) is 11.3 Å². The first kappa shape index (κ1) is 17.7. The highest BCUT2D eigenvalue weighted by atomic mass is 16.5. The number of rotatable bonds is 8. The predicted molar refractivity (Wildman–Crippen MR) is 99.7 cm³/mol. The molecule has 3 aromatic rings. The molecule has 0 saturated carbocycles. The fourth-order valence-electron chi connectivity index (χ4n) is 2.61. The third-order valence-electron chi connectivity index (χ3n) is 3.93. The van der Waals surface area contributed by atoms with Crippen LogP contribution in [0.5, 0.6) is 5.75 Å². The third-order valence-corrected chi connectivity index (χ3v) is 3.93. The van der Waals surface area contributed by atoms with Crippen LogP contribution in [0.3, 0.4) is 0 Å². The highest BCUT2D eigenvalue weighted by Crippen LogP contribution is 2.20. The van der Waals surface area contributed by atoms with Crippen LogP contribution < -0.4 is 10.1 Å². The van der Waals surface area contributed by atoms with E-state index in [-0.39, 0.29) is 5.91 Å². The molecule has 26 heavy (non-hydrogen) atoms. The predicted octanol–water partition coefficient (Wildman–Crippen LogP) is 3.99. The van der Waals surface area contributed by atoms with Crippen molar-refractivity contribution in [3.63, 3.8) is 0 Å². The second-order valence-corrected chi connectivity index (χ2v) is 5.80. The Hall–Kier alpha value is -3.08. The van der Waals surface area contributed by atoms with Crippen molar-refractivity contribution in [3.05, 3.63) is 72.2 Å². The number of hydrogen-bond donors (Lipinski definition) is 1. The van der Waals surface area contributed by atoms with Gasteiger partial charge in [0.2, 0.25) is 5.91 Å². The topological polar surface area (TPSA) is 64.4 Å². The summed E-state index contributed by atoms with van der Waals surface area (Å²) in [4.78, 5) is 16.4. The Balaban J connectivity index is 1.50. The lowest BCUT2D eigenvalue weighted by atomic mass is 10.2. The summed E-state index contributed by atoms with van der Waals surface area (Å²) in [7, 11) is 0. The number of ether oxygens (including phenoxy) is 1. The zero-order chi connectivity index (χ0) is 18.2. The number of nitrogens with one attached hydrogen (secondary N) is 1. The van der Waals surface area contributed by atoms with Gasteiger partial charge in [-0.2, -0.15) is 0 Å². The van der Waals surface area contributed by atoms with Gasteiger partial charge in [0.1, 0.15) is 5.75 Å². The second kappa shape index (κ2) is 8.85. The van der Waals surface area contributed by atoms with Gasteiger partial charge in [-0.25, -0.2) is 4.98 Å². The van der Waals surface area contributed by atoms with Gasteiger partial charge < -0.3 is 14.5 Å². The van der Waals surface area contributed by atoms with Crippen molar-refractivity contribution < 1.29 is 13.9 Å². The van der Waals surface area contributed by atoms with E-state index in [1.54, 1.807) is 6.20 Å². The number of amides is 1. The number of oxazole rings is 1. The van der Waals surface area contributed by atoms with E-state index < -0.39 is 0 Å². The van der Waals surface area contributed by atoms with E-state index >= 15 is 0 Å². The lowest BCUT2D eigenvalue weighted by Crippen LogP contribution is -2.23. The first-order valence-corrected chi connectivity index (χ1v) is 8.74. The van der Waals surface area contributed by atoms with E-state index in [0.717, 1.165) is 16.9 Å². The summed E-state index contributed by atoms with van der Waals surface area (Å²) in [5.74, 6) is 2.03. The smallest absolute Gasteiger partial charge is 0.220 e. The second-order valence-electron chi connectivity index (χ2n) is 5.80. The molecular formula is C21H22N2O3. The van der Waals surface area contributed by atoms with E-state index in [2.05, 4.69) is 10.3 Å². The average molecular weight is 350 g/mol. The Bertz CT molecular complexity index is 843. The first-order chi connectivity index (χ1) is 12.8. The van der Waals surface area contributed by atoms with Crippen LogP contribution >= 0.6 is 0 Å². The largest absolute Gasteiger partial charge is 0.494 e. The molecule has 1 aromatic heterocycles. The number of para-hydroxylation sites is 1. The van der Waals surface area contributed by atoms with Crippen molar-refractivity contribution in [1.82, 2.24) is 10.3 Å². The zero-order valence-corrected chi connectivity index (χ0v) is 14.8. The summed E-state index contributed by atoms with van der Waals surface area (Å²) in [6, 6.07) is 17.5. The van der Waals surface area contributed by atoms with Gasteiger partial charge in [0.15, 0.2) is 11.7 Å². The van der Waals surface area contributed by atoms with E-state index in [0.29, 0.717) is 37.6 Å². The SMILES string of the molecule is CCOc1ccccc1CNC(=O)CCc1ncc(-c2ccccc2)o1.